The van der Waals surface area contributed by atoms with Gasteiger partial charge in [-0.05, 0) is 65.7 Å². The van der Waals surface area contributed by atoms with Crippen LogP contribution in [0.5, 0.6) is 11.5 Å². The van der Waals surface area contributed by atoms with Crippen molar-refractivity contribution in [3.05, 3.63) is 133 Å². The van der Waals surface area contributed by atoms with E-state index in [-0.39, 0.29) is 12.5 Å². The van der Waals surface area contributed by atoms with Gasteiger partial charge in [-0.15, -0.1) is 0 Å². The van der Waals surface area contributed by atoms with Crippen LogP contribution in [0.15, 0.2) is 101 Å². The zero-order valence-corrected chi connectivity index (χ0v) is 25.8. The van der Waals surface area contributed by atoms with E-state index in [1.807, 2.05) is 79.7 Å². The molecule has 5 rings (SSSR count). The normalized spacial score (nSPS) is 15.0. The summed E-state index contributed by atoms with van der Waals surface area (Å²) in [5, 5.41) is 2.05. The lowest BCUT2D eigenvalue weighted by Gasteiger charge is -2.16. The number of ether oxygens (including phenoxy) is 2. The molecule has 0 saturated carbocycles. The SMILES string of the molecule is CCOc1cc(/C=C2/SC(=NCc3ccccc3)N(Cc3ccccc3)C2=O)cc(Cl)c1OCc1ccc(Cl)cc1Cl. The first-order valence-electron chi connectivity index (χ1n) is 13.3. The maximum Gasteiger partial charge on any atom is 0.267 e. The zero-order chi connectivity index (χ0) is 29.5. The summed E-state index contributed by atoms with van der Waals surface area (Å²) < 4.78 is 11.9. The van der Waals surface area contributed by atoms with Gasteiger partial charge in [0, 0.05) is 15.6 Å². The van der Waals surface area contributed by atoms with Crippen LogP contribution in [-0.4, -0.2) is 22.6 Å². The van der Waals surface area contributed by atoms with E-state index in [1.165, 1.54) is 11.8 Å². The highest BCUT2D eigenvalue weighted by Gasteiger charge is 2.33. The Morgan fingerprint density at radius 1 is 0.857 bits per heavy atom. The third-order valence-electron chi connectivity index (χ3n) is 6.33. The number of carbonyl (C=O) groups excluding carboxylic acids is 1. The molecule has 0 spiro atoms. The molecule has 9 heteroatoms. The van der Waals surface area contributed by atoms with Gasteiger partial charge in [0.25, 0.3) is 5.91 Å². The van der Waals surface area contributed by atoms with Gasteiger partial charge >= 0.3 is 0 Å². The first-order valence-corrected chi connectivity index (χ1v) is 15.2. The van der Waals surface area contributed by atoms with Gasteiger partial charge in [-0.2, -0.15) is 0 Å². The number of hydrogen-bond donors (Lipinski definition) is 0. The molecule has 1 heterocycles. The Balaban J connectivity index is 1.42. The average molecular weight is 638 g/mol. The van der Waals surface area contributed by atoms with E-state index in [2.05, 4.69) is 0 Å². The number of nitrogens with zero attached hydrogens (tertiary/aromatic N) is 2. The van der Waals surface area contributed by atoms with Crippen molar-refractivity contribution in [1.82, 2.24) is 4.90 Å². The number of carbonyl (C=O) groups is 1. The van der Waals surface area contributed by atoms with Crippen molar-refractivity contribution in [2.24, 2.45) is 4.99 Å². The molecule has 1 saturated heterocycles. The third-order valence-corrected chi connectivity index (χ3v) is 8.24. The second-order valence-electron chi connectivity index (χ2n) is 9.36. The topological polar surface area (TPSA) is 51.1 Å². The number of benzene rings is 4. The highest BCUT2D eigenvalue weighted by molar-refractivity contribution is 8.18. The lowest BCUT2D eigenvalue weighted by molar-refractivity contribution is -0.122. The van der Waals surface area contributed by atoms with Crippen molar-refractivity contribution >= 4 is 63.7 Å². The molecule has 0 radical (unpaired) electrons. The quantitative estimate of drug-likeness (QED) is 0.163. The third kappa shape index (κ3) is 7.50. The van der Waals surface area contributed by atoms with E-state index in [0.717, 1.165) is 16.7 Å². The molecule has 1 aliphatic heterocycles. The molecule has 1 fully saturated rings. The van der Waals surface area contributed by atoms with Gasteiger partial charge in [-0.1, -0.05) is 102 Å². The molecule has 0 N–H and O–H groups in total. The van der Waals surface area contributed by atoms with Crippen molar-refractivity contribution < 1.29 is 14.3 Å². The second-order valence-corrected chi connectivity index (χ2v) is 11.6. The van der Waals surface area contributed by atoms with Crippen LogP contribution in [0.2, 0.25) is 15.1 Å². The van der Waals surface area contributed by atoms with Crippen molar-refractivity contribution in [3.8, 4) is 11.5 Å². The number of rotatable bonds is 10. The summed E-state index contributed by atoms with van der Waals surface area (Å²) in [5.74, 6) is 0.742. The standard InChI is InChI=1S/C33H27Cl3N2O3S/c1-2-40-29-16-24(15-28(36)31(29)41-21-25-13-14-26(34)18-27(25)35)17-30-32(39)38(20-23-11-7-4-8-12-23)33(42-30)37-19-22-9-5-3-6-10-22/h3-18H,2,19-21H2,1H3/b30-17+,37-33?. The van der Waals surface area contributed by atoms with E-state index in [1.54, 1.807) is 29.2 Å². The van der Waals surface area contributed by atoms with Crippen LogP contribution in [0.3, 0.4) is 0 Å². The Kier molecular flexibility index (Phi) is 10.1. The van der Waals surface area contributed by atoms with Crippen LogP contribution in [0.25, 0.3) is 6.08 Å². The number of amides is 1. The maximum absolute atomic E-state index is 13.7. The predicted octanol–water partition coefficient (Wildman–Crippen LogP) is 9.30. The fraction of sp³-hybridized carbons (Fsp3) is 0.152. The van der Waals surface area contributed by atoms with Crippen LogP contribution in [0.4, 0.5) is 0 Å². The second kappa shape index (κ2) is 14.2. The maximum atomic E-state index is 13.7. The molecule has 0 aliphatic carbocycles. The van der Waals surface area contributed by atoms with Crippen molar-refractivity contribution in [1.29, 1.82) is 0 Å². The van der Waals surface area contributed by atoms with Crippen molar-refractivity contribution in [2.75, 3.05) is 6.61 Å². The lowest BCUT2D eigenvalue weighted by atomic mass is 10.1. The van der Waals surface area contributed by atoms with E-state index in [9.17, 15) is 4.79 Å². The average Bonchev–Trinajstić information content (AvgIpc) is 3.27. The number of thioether (sulfide) groups is 1. The number of halogens is 3. The summed E-state index contributed by atoms with van der Waals surface area (Å²) in [6.07, 6.45) is 1.81. The first-order chi connectivity index (χ1) is 20.4. The summed E-state index contributed by atoms with van der Waals surface area (Å²) in [4.78, 5) is 20.7. The molecule has 1 aliphatic rings. The number of amidine groups is 1. The fourth-order valence-electron chi connectivity index (χ4n) is 4.29. The van der Waals surface area contributed by atoms with Crippen LogP contribution in [-0.2, 0) is 24.5 Å². The Bertz CT molecular complexity index is 1630. The molecule has 4 aromatic rings. The fourth-order valence-corrected chi connectivity index (χ4v) is 6.00. The van der Waals surface area contributed by atoms with Crippen LogP contribution >= 0.6 is 46.6 Å². The van der Waals surface area contributed by atoms with Gasteiger partial charge in [-0.3, -0.25) is 14.7 Å². The van der Waals surface area contributed by atoms with E-state index in [4.69, 9.17) is 49.3 Å². The first kappa shape index (κ1) is 30.1. The van der Waals surface area contributed by atoms with Gasteiger partial charge < -0.3 is 9.47 Å². The van der Waals surface area contributed by atoms with E-state index >= 15 is 0 Å². The summed E-state index contributed by atoms with van der Waals surface area (Å²) in [7, 11) is 0. The molecule has 214 valence electrons. The Labute approximate surface area is 264 Å². The highest BCUT2D eigenvalue weighted by atomic mass is 35.5. The number of aliphatic imine (C=N–C) groups is 1. The summed E-state index contributed by atoms with van der Waals surface area (Å²) in [6.45, 7) is 3.36. The molecule has 1 amide bonds. The van der Waals surface area contributed by atoms with Gasteiger partial charge in [0.05, 0.1) is 29.6 Å². The molecule has 5 nitrogen and oxygen atoms in total. The largest absolute Gasteiger partial charge is 0.490 e. The van der Waals surface area contributed by atoms with E-state index < -0.39 is 0 Å². The van der Waals surface area contributed by atoms with Crippen LogP contribution in [0, 0.1) is 0 Å². The van der Waals surface area contributed by atoms with E-state index in [0.29, 0.717) is 61.9 Å². The molecule has 0 unspecified atom stereocenters. The molecule has 0 bridgehead atoms. The van der Waals surface area contributed by atoms with Gasteiger partial charge in [0.2, 0.25) is 0 Å². The Morgan fingerprint density at radius 3 is 2.26 bits per heavy atom. The molecule has 0 aromatic heterocycles. The Morgan fingerprint density at radius 2 is 1.57 bits per heavy atom. The molecule has 4 aromatic carbocycles. The minimum atomic E-state index is -0.123. The van der Waals surface area contributed by atoms with Gasteiger partial charge in [-0.25, -0.2) is 0 Å². The summed E-state index contributed by atoms with van der Waals surface area (Å²) >= 11 is 20.4. The monoisotopic (exact) mass is 636 g/mol. The summed E-state index contributed by atoms with van der Waals surface area (Å²) in [5.41, 5.74) is 3.56. The highest BCUT2D eigenvalue weighted by Crippen LogP contribution is 2.40. The van der Waals surface area contributed by atoms with Crippen molar-refractivity contribution in [2.45, 2.75) is 26.6 Å². The summed E-state index contributed by atoms with van der Waals surface area (Å²) in [6, 6.07) is 28.6. The van der Waals surface area contributed by atoms with Crippen molar-refractivity contribution in [3.63, 3.8) is 0 Å². The minimum Gasteiger partial charge on any atom is -0.490 e. The zero-order valence-electron chi connectivity index (χ0n) is 22.7. The predicted molar refractivity (Wildman–Crippen MR) is 174 cm³/mol. The van der Waals surface area contributed by atoms with Gasteiger partial charge in [0.1, 0.15) is 6.61 Å². The van der Waals surface area contributed by atoms with Gasteiger partial charge in [0.15, 0.2) is 16.7 Å². The molecule has 42 heavy (non-hydrogen) atoms. The van der Waals surface area contributed by atoms with Crippen LogP contribution in [0.1, 0.15) is 29.2 Å². The minimum absolute atomic E-state index is 0.123. The number of hydrogen-bond acceptors (Lipinski definition) is 5. The molecular formula is C33H27Cl3N2O3S. The smallest absolute Gasteiger partial charge is 0.267 e. The Hall–Kier alpha value is -3.42. The lowest BCUT2D eigenvalue weighted by Crippen LogP contribution is -2.28. The molecular weight excluding hydrogens is 611 g/mol. The van der Waals surface area contributed by atoms with Crippen LogP contribution < -0.4 is 9.47 Å². The molecule has 0 atom stereocenters.